The van der Waals surface area contributed by atoms with Gasteiger partial charge >= 0.3 is 29.8 Å². The molecule has 0 amide bonds. The molecule has 0 heterocycles. The average molecular weight is 1570 g/mol. The molecule has 0 spiro atoms. The van der Waals surface area contributed by atoms with Gasteiger partial charge in [-0.15, -0.1) is 0 Å². The van der Waals surface area contributed by atoms with Crippen LogP contribution in [0, 0.1) is 0 Å². The maximum absolute atomic E-state index is 13.0. The van der Waals surface area contributed by atoms with Gasteiger partial charge < -0.3 is 23.7 Å². The summed E-state index contributed by atoms with van der Waals surface area (Å²) in [5.41, 5.74) is 0. The minimum absolute atomic E-state index is 0.0482. The Morgan fingerprint density at radius 3 is 1.12 bits per heavy atom. The molecule has 11 nitrogen and oxygen atoms in total. The molecule has 0 aromatic heterocycles. The third-order valence-electron chi connectivity index (χ3n) is 3.67. The van der Waals surface area contributed by atoms with Gasteiger partial charge in [0.05, 0.1) is 0 Å². The predicted molar refractivity (Wildman–Crippen MR) is 204 cm³/mol. The second-order valence-corrected chi connectivity index (χ2v) is 40.6. The van der Waals surface area contributed by atoms with Crippen molar-refractivity contribution in [2.45, 2.75) is 35.1 Å². The van der Waals surface area contributed by atoms with Gasteiger partial charge in [0.15, 0.2) is 30.7 Å². The molecule has 0 fully saturated rings. The van der Waals surface area contributed by atoms with Gasteiger partial charge in [0, 0.05) is 0 Å². The van der Waals surface area contributed by atoms with E-state index in [9.17, 15) is 28.8 Å². The molecular formula is C16H7Br15O11. The first-order valence-electron chi connectivity index (χ1n) is 9.33. The fraction of sp³-hybridized carbons (Fsp3) is 0.625. The summed E-state index contributed by atoms with van der Waals surface area (Å²) in [7, 11) is 0. The zero-order valence-corrected chi connectivity index (χ0v) is 42.5. The van der Waals surface area contributed by atoms with Crippen molar-refractivity contribution in [3.63, 3.8) is 0 Å². The fourth-order valence-electron chi connectivity index (χ4n) is 2.06. The van der Waals surface area contributed by atoms with Crippen molar-refractivity contribution >= 4 is 275 Å². The van der Waals surface area contributed by atoms with Crippen LogP contribution in [0.2, 0.25) is 0 Å². The van der Waals surface area contributed by atoms with E-state index < -0.39 is 71.6 Å². The number of carbonyl (C=O) groups excluding carboxylic acids is 6. The second-order valence-electron chi connectivity index (χ2n) is 6.78. The van der Waals surface area contributed by atoms with Crippen molar-refractivity contribution in [3.8, 4) is 0 Å². The molecule has 0 rings (SSSR count). The first kappa shape index (κ1) is 46.2. The highest BCUT2D eigenvalue weighted by Crippen LogP contribution is 2.41. The zero-order valence-electron chi connectivity index (χ0n) is 18.8. The number of aldehydes is 1. The first-order chi connectivity index (χ1) is 18.5. The molecule has 0 aliphatic rings. The molecule has 0 bridgehead atoms. The second kappa shape index (κ2) is 19.0. The predicted octanol–water partition coefficient (Wildman–Crippen LogP) is 8.57. The monoisotopic (exact) mass is 1560 g/mol. The Balaban J connectivity index is 7.27. The molecule has 0 saturated heterocycles. The summed E-state index contributed by atoms with van der Waals surface area (Å²) < 4.78 is 18.2. The van der Waals surface area contributed by atoms with Crippen molar-refractivity contribution in [2.75, 3.05) is 6.61 Å². The molecule has 4 atom stereocenters. The molecule has 0 aromatic carbocycles. The van der Waals surface area contributed by atoms with Crippen molar-refractivity contribution in [2.24, 2.45) is 0 Å². The molecule has 0 aliphatic carbocycles. The number of alkyl halides is 15. The lowest BCUT2D eigenvalue weighted by Crippen LogP contribution is -2.56. The largest absolute Gasteiger partial charge is 0.459 e. The van der Waals surface area contributed by atoms with E-state index in [1.165, 1.54) is 0 Å². The topological polar surface area (TPSA) is 149 Å². The number of ether oxygens (including phenoxy) is 5. The van der Waals surface area contributed by atoms with E-state index in [4.69, 9.17) is 23.7 Å². The number of esters is 5. The van der Waals surface area contributed by atoms with Crippen LogP contribution in [0.5, 0.6) is 0 Å². The highest BCUT2D eigenvalue weighted by molar-refractivity contribution is 9.41. The Hall–Kier alpha value is 4.22. The van der Waals surface area contributed by atoms with E-state index in [2.05, 4.69) is 239 Å². The number of hydrogen-bond donors (Lipinski definition) is 0. The van der Waals surface area contributed by atoms with E-state index >= 15 is 0 Å². The van der Waals surface area contributed by atoms with Gasteiger partial charge in [-0.1, -0.05) is 0 Å². The maximum atomic E-state index is 13.0. The lowest BCUT2D eigenvalue weighted by molar-refractivity contribution is -0.201. The summed E-state index contributed by atoms with van der Waals surface area (Å²) >= 11 is 44.4. The number of hydrogen-bond acceptors (Lipinski definition) is 11. The summed E-state index contributed by atoms with van der Waals surface area (Å²) in [5.74, 6) is -5.68. The van der Waals surface area contributed by atoms with Gasteiger partial charge in [0.25, 0.3) is 0 Å². The summed E-state index contributed by atoms with van der Waals surface area (Å²) in [6, 6.07) is 0. The molecule has 0 radical (unpaired) electrons. The maximum Gasteiger partial charge on any atom is 0.345 e. The van der Waals surface area contributed by atoms with Crippen LogP contribution in [0.25, 0.3) is 0 Å². The molecule has 42 heavy (non-hydrogen) atoms. The normalized spacial score (nSPS) is 15.8. The van der Waals surface area contributed by atoms with Crippen LogP contribution >= 0.6 is 239 Å². The third kappa shape index (κ3) is 17.2. The van der Waals surface area contributed by atoms with Crippen LogP contribution in [0.4, 0.5) is 0 Å². The van der Waals surface area contributed by atoms with Crippen molar-refractivity contribution in [1.82, 2.24) is 0 Å². The Morgan fingerprint density at radius 1 is 0.476 bits per heavy atom. The summed E-state index contributed by atoms with van der Waals surface area (Å²) in [6.45, 7) is -0.884. The molecule has 26 heteroatoms. The smallest absolute Gasteiger partial charge is 0.345 e. The standard InChI is InChI=1S/C16H7Br15O11/c17-12(18,19)7(33)38-2-4(40-9(35)14(23,24)25)6(42-11(37)16(29,30)31)5(41-10(36)15(26,27)28)3(1-32)39-8(34)13(20,21)22/h1,3-6H,2H2/t3-,4+,5+,6+/m0/s1. The van der Waals surface area contributed by atoms with Gasteiger partial charge in [0.2, 0.25) is 10.7 Å². The minimum atomic E-state index is -2.08. The van der Waals surface area contributed by atoms with Gasteiger partial charge in [-0.25, -0.2) is 24.0 Å². The van der Waals surface area contributed by atoms with Gasteiger partial charge in [-0.05, 0) is 239 Å². The zero-order chi connectivity index (χ0) is 33.6. The van der Waals surface area contributed by atoms with Crippen LogP contribution in [0.15, 0.2) is 0 Å². The van der Waals surface area contributed by atoms with E-state index in [1.54, 1.807) is 0 Å². The molecule has 0 aromatic rings. The molecular weight excluding hydrogens is 1570 g/mol. The van der Waals surface area contributed by atoms with E-state index in [1.807, 2.05) is 0 Å². The third-order valence-corrected chi connectivity index (χ3v) is 8.53. The van der Waals surface area contributed by atoms with Crippen LogP contribution < -0.4 is 0 Å². The van der Waals surface area contributed by atoms with Gasteiger partial charge in [-0.2, -0.15) is 0 Å². The van der Waals surface area contributed by atoms with Crippen LogP contribution in [0.3, 0.4) is 0 Å². The molecule has 242 valence electrons. The SMILES string of the molecule is O=C[C@H](OC(=O)C(Br)(Br)Br)[C@@H](OC(=O)C(Br)(Br)Br)[C@H](OC(=O)C(Br)(Br)Br)[C@@H](COC(=O)C(Br)(Br)Br)OC(=O)C(Br)(Br)Br. The first-order valence-corrected chi connectivity index (χ1v) is 21.2. The summed E-state index contributed by atoms with van der Waals surface area (Å²) in [4.78, 5) is 76.1. The van der Waals surface area contributed by atoms with Crippen LogP contribution in [-0.4, -0.2) is 77.9 Å². The average Bonchev–Trinajstić information content (AvgIpc) is 2.78. The van der Waals surface area contributed by atoms with E-state index in [0.29, 0.717) is 0 Å². The molecule has 0 saturated carbocycles. The van der Waals surface area contributed by atoms with E-state index in [-0.39, 0.29) is 6.29 Å². The van der Waals surface area contributed by atoms with Crippen LogP contribution in [0.1, 0.15) is 0 Å². The van der Waals surface area contributed by atoms with Gasteiger partial charge in [0.1, 0.15) is 6.61 Å². The summed E-state index contributed by atoms with van der Waals surface area (Å²) in [6.07, 6.45) is -7.97. The number of rotatable bonds is 10. The Bertz CT molecular complexity index is 1020. The Kier molecular flexibility index (Phi) is 20.9. The lowest BCUT2D eigenvalue weighted by Gasteiger charge is -2.36. The van der Waals surface area contributed by atoms with Gasteiger partial charge in [-0.3, -0.25) is 4.79 Å². The molecule has 0 aliphatic heterocycles. The van der Waals surface area contributed by atoms with Crippen molar-refractivity contribution < 1.29 is 52.5 Å². The fourth-order valence-corrected chi connectivity index (χ4v) is 3.52. The van der Waals surface area contributed by atoms with E-state index in [0.717, 1.165) is 0 Å². The number of carbonyl (C=O) groups is 6. The Labute approximate surface area is 363 Å². The van der Waals surface area contributed by atoms with Crippen LogP contribution in [-0.2, 0) is 52.5 Å². The summed E-state index contributed by atoms with van der Waals surface area (Å²) in [5, 5.41) is 0. The minimum Gasteiger partial charge on any atom is -0.459 e. The molecule has 0 unspecified atom stereocenters. The quantitative estimate of drug-likeness (QED) is 0.0897. The van der Waals surface area contributed by atoms with Crippen molar-refractivity contribution in [1.29, 1.82) is 0 Å². The van der Waals surface area contributed by atoms with Crippen molar-refractivity contribution in [3.05, 3.63) is 0 Å². The lowest BCUT2D eigenvalue weighted by atomic mass is 10.0. The Morgan fingerprint density at radius 2 is 0.786 bits per heavy atom. The molecule has 0 N–H and O–H groups in total. The highest BCUT2D eigenvalue weighted by atomic mass is 80.0. The number of halogens is 15. The highest BCUT2D eigenvalue weighted by Gasteiger charge is 2.51.